The van der Waals surface area contributed by atoms with E-state index in [1.54, 1.807) is 0 Å². The minimum absolute atomic E-state index is 0.123. The third kappa shape index (κ3) is 20.5. The molecule has 50 heavy (non-hydrogen) atoms. The molecule has 3 aliphatic rings. The van der Waals surface area contributed by atoms with E-state index in [1.807, 2.05) is 0 Å². The van der Waals surface area contributed by atoms with Crippen molar-refractivity contribution in [2.75, 3.05) is 131 Å². The second-order valence-corrected chi connectivity index (χ2v) is 13.8. The molecule has 14 heteroatoms. The van der Waals surface area contributed by atoms with Gasteiger partial charge in [0.1, 0.15) is 0 Å². The van der Waals surface area contributed by atoms with Gasteiger partial charge in [0.15, 0.2) is 0 Å². The maximum atomic E-state index is 12.3. The van der Waals surface area contributed by atoms with E-state index in [4.69, 9.17) is 18.9 Å². The minimum atomic E-state index is -0.179. The van der Waals surface area contributed by atoms with Gasteiger partial charge in [0, 0.05) is 105 Å². The molecular weight excluding hydrogens is 644 g/mol. The molecule has 0 radical (unpaired) electrons. The summed E-state index contributed by atoms with van der Waals surface area (Å²) in [6, 6.07) is 0. The highest BCUT2D eigenvalue weighted by atomic mass is 16.5. The zero-order chi connectivity index (χ0) is 35.7. The van der Waals surface area contributed by atoms with Crippen LogP contribution in [0.2, 0.25) is 0 Å². The topological polar surface area (TPSA) is 142 Å². The Bertz CT molecular complexity index is 955. The average molecular weight is 711 g/mol. The first kappa shape index (κ1) is 42.1. The van der Waals surface area contributed by atoms with Crippen LogP contribution in [0.5, 0.6) is 0 Å². The van der Waals surface area contributed by atoms with Crippen molar-refractivity contribution in [3.63, 3.8) is 0 Å². The zero-order valence-electron chi connectivity index (χ0n) is 30.8. The molecule has 0 bridgehead atoms. The molecular formula is C36H66N6O8. The molecule has 0 aromatic carbocycles. The van der Waals surface area contributed by atoms with Crippen LogP contribution >= 0.6 is 0 Å². The van der Waals surface area contributed by atoms with Gasteiger partial charge < -0.3 is 49.2 Å². The Morgan fingerprint density at radius 3 is 1.10 bits per heavy atom. The first-order valence-electron chi connectivity index (χ1n) is 19.3. The molecule has 3 rings (SSSR count). The van der Waals surface area contributed by atoms with Crippen molar-refractivity contribution in [1.82, 2.24) is 30.2 Å². The summed E-state index contributed by atoms with van der Waals surface area (Å²) in [5.74, 6) is -0.301. The molecule has 288 valence electrons. The molecule has 3 heterocycles. The minimum Gasteiger partial charge on any atom is -0.466 e. The number of piperazine rings is 3. The molecule has 3 fully saturated rings. The van der Waals surface area contributed by atoms with Crippen LogP contribution in [0.3, 0.4) is 0 Å². The smallest absolute Gasteiger partial charge is 0.307 e. The van der Waals surface area contributed by atoms with Crippen LogP contribution in [0.25, 0.3) is 0 Å². The second kappa shape index (κ2) is 26.4. The number of carbonyl (C=O) groups is 4. The van der Waals surface area contributed by atoms with Gasteiger partial charge in [-0.05, 0) is 44.4 Å². The number of hydrogen-bond donors (Lipinski definition) is 2. The van der Waals surface area contributed by atoms with Crippen LogP contribution in [0, 0.1) is 5.92 Å². The number of ether oxygens (including phenoxy) is 4. The van der Waals surface area contributed by atoms with Crippen LogP contribution in [-0.2, 0) is 38.1 Å². The van der Waals surface area contributed by atoms with Crippen molar-refractivity contribution in [3.8, 4) is 0 Å². The first-order valence-corrected chi connectivity index (χ1v) is 19.3. The maximum absolute atomic E-state index is 12.3. The highest BCUT2D eigenvalue weighted by Crippen LogP contribution is 2.10. The van der Waals surface area contributed by atoms with Crippen LogP contribution in [0.1, 0.15) is 71.1 Å². The van der Waals surface area contributed by atoms with Crippen LogP contribution in [0.15, 0.2) is 0 Å². The Morgan fingerprint density at radius 1 is 0.460 bits per heavy atom. The molecule has 1 unspecified atom stereocenters. The molecule has 14 nitrogen and oxygen atoms in total. The number of unbranched alkanes of at least 4 members (excludes halogenated alkanes) is 3. The summed E-state index contributed by atoms with van der Waals surface area (Å²) in [5, 5.41) is 6.61. The monoisotopic (exact) mass is 710 g/mol. The molecule has 0 aromatic heterocycles. The third-order valence-corrected chi connectivity index (χ3v) is 9.72. The second-order valence-electron chi connectivity index (χ2n) is 13.8. The predicted octanol–water partition coefficient (Wildman–Crippen LogP) is 1.12. The summed E-state index contributed by atoms with van der Waals surface area (Å²) in [5.41, 5.74) is 0. The van der Waals surface area contributed by atoms with Crippen LogP contribution < -0.4 is 10.6 Å². The first-order chi connectivity index (χ1) is 24.4. The third-order valence-electron chi connectivity index (χ3n) is 9.72. The fraction of sp³-hybridized carbons (Fsp3) is 0.889. The highest BCUT2D eigenvalue weighted by molar-refractivity contribution is 5.70. The number of nitrogens with zero attached hydrogens (tertiary/aromatic N) is 4. The summed E-state index contributed by atoms with van der Waals surface area (Å²) in [4.78, 5) is 57.5. The lowest BCUT2D eigenvalue weighted by Crippen LogP contribution is -2.47. The van der Waals surface area contributed by atoms with Crippen molar-refractivity contribution in [2.45, 2.75) is 71.1 Å². The summed E-state index contributed by atoms with van der Waals surface area (Å²) in [6.07, 6.45) is 6.68. The Hall–Kier alpha value is -2.36. The van der Waals surface area contributed by atoms with Crippen molar-refractivity contribution in [1.29, 1.82) is 0 Å². The molecule has 0 spiro atoms. The molecule has 0 amide bonds. The van der Waals surface area contributed by atoms with Gasteiger partial charge in [0.25, 0.3) is 0 Å². The SMILES string of the molecule is CC(CCOC(=O)CCN1CCNCC1)CCOC(=O)CCN1CCN(CCC(=O)OCCCCCCOC(=O)CCN2CCNCC2)CC1. The van der Waals surface area contributed by atoms with Gasteiger partial charge in [-0.3, -0.25) is 19.2 Å². The van der Waals surface area contributed by atoms with E-state index >= 15 is 0 Å². The number of nitrogens with one attached hydrogen (secondary N) is 2. The summed E-state index contributed by atoms with van der Waals surface area (Å²) in [7, 11) is 0. The van der Waals surface area contributed by atoms with E-state index in [1.165, 1.54) is 0 Å². The van der Waals surface area contributed by atoms with E-state index in [0.29, 0.717) is 71.1 Å². The molecule has 2 N–H and O–H groups in total. The highest BCUT2D eigenvalue weighted by Gasteiger charge is 2.19. The lowest BCUT2D eigenvalue weighted by Gasteiger charge is -2.34. The molecule has 3 aliphatic heterocycles. The van der Waals surface area contributed by atoms with Crippen LogP contribution in [0.4, 0.5) is 0 Å². The fourth-order valence-electron chi connectivity index (χ4n) is 6.21. The zero-order valence-corrected chi connectivity index (χ0v) is 30.8. The van der Waals surface area contributed by atoms with E-state index in [0.717, 1.165) is 130 Å². The van der Waals surface area contributed by atoms with E-state index < -0.39 is 0 Å². The largest absolute Gasteiger partial charge is 0.466 e. The summed E-state index contributed by atoms with van der Waals surface area (Å²) >= 11 is 0. The normalized spacial score (nSPS) is 18.7. The fourth-order valence-corrected chi connectivity index (χ4v) is 6.21. The predicted molar refractivity (Wildman–Crippen MR) is 191 cm³/mol. The molecule has 1 atom stereocenters. The van der Waals surface area contributed by atoms with Crippen molar-refractivity contribution >= 4 is 23.9 Å². The van der Waals surface area contributed by atoms with Crippen molar-refractivity contribution < 1.29 is 38.1 Å². The Labute approximate surface area is 300 Å². The Balaban J connectivity index is 1.06. The number of esters is 4. The quantitative estimate of drug-likeness (QED) is 0.0794. The number of carbonyl (C=O) groups excluding carboxylic acids is 4. The van der Waals surface area contributed by atoms with Gasteiger partial charge in [-0.25, -0.2) is 0 Å². The standard InChI is InChI=1S/C36H66N6O8/c1-32(10-30-49-35(45)7-17-40-22-14-38-15-23-40)11-31-50-36(46)9-19-42-26-24-41(25-27-42)18-8-34(44)48-29-5-3-2-4-28-47-33(43)6-16-39-20-12-37-13-21-39/h32,37-38H,2-31H2,1H3. The van der Waals surface area contributed by atoms with Gasteiger partial charge in [-0.15, -0.1) is 0 Å². The lowest BCUT2D eigenvalue weighted by molar-refractivity contribution is -0.146. The average Bonchev–Trinajstić information content (AvgIpc) is 3.13. The molecule has 3 saturated heterocycles. The Morgan fingerprint density at radius 2 is 0.760 bits per heavy atom. The van der Waals surface area contributed by atoms with Crippen molar-refractivity contribution in [2.24, 2.45) is 5.92 Å². The van der Waals surface area contributed by atoms with Gasteiger partial charge >= 0.3 is 23.9 Å². The van der Waals surface area contributed by atoms with E-state index in [2.05, 4.69) is 37.2 Å². The van der Waals surface area contributed by atoms with Crippen LogP contribution in [-0.4, -0.2) is 175 Å². The van der Waals surface area contributed by atoms with Gasteiger partial charge in [-0.1, -0.05) is 6.92 Å². The van der Waals surface area contributed by atoms with Gasteiger partial charge in [0.2, 0.25) is 0 Å². The number of rotatable bonds is 25. The lowest BCUT2D eigenvalue weighted by atomic mass is 10.1. The number of hydrogen-bond acceptors (Lipinski definition) is 14. The molecule has 0 aromatic rings. The van der Waals surface area contributed by atoms with Gasteiger partial charge in [0.05, 0.1) is 52.1 Å². The summed E-state index contributed by atoms with van der Waals surface area (Å²) < 4.78 is 21.6. The van der Waals surface area contributed by atoms with E-state index in [9.17, 15) is 19.2 Å². The Kier molecular flexibility index (Phi) is 22.2. The van der Waals surface area contributed by atoms with Gasteiger partial charge in [-0.2, -0.15) is 0 Å². The van der Waals surface area contributed by atoms with E-state index in [-0.39, 0.29) is 23.9 Å². The summed E-state index contributed by atoms with van der Waals surface area (Å²) in [6.45, 7) is 17.9. The van der Waals surface area contributed by atoms with Crippen molar-refractivity contribution in [3.05, 3.63) is 0 Å². The maximum Gasteiger partial charge on any atom is 0.307 e. The molecule has 0 saturated carbocycles. The molecule has 0 aliphatic carbocycles.